The maximum absolute atomic E-state index is 6.63. The van der Waals surface area contributed by atoms with Crippen molar-refractivity contribution in [2.45, 2.75) is 50.8 Å². The standard InChI is InChI=1S/C21H23ClN2O2/c1-2-14-7-9-21(10-8-14)24-18(13-17(23-24)20-4-3-11-25-20)16-12-15(22)5-6-19(16)26-21/h3-6,11-14,18,23H,2,7-10H2,1H3/t14?,18-,21?/m0/s1. The van der Waals surface area contributed by atoms with Crippen molar-refractivity contribution in [3.05, 3.63) is 59.0 Å². The molecule has 1 aromatic carbocycles. The van der Waals surface area contributed by atoms with Gasteiger partial charge in [0.25, 0.3) is 0 Å². The molecule has 0 saturated heterocycles. The number of halogens is 1. The molecule has 0 unspecified atom stereocenters. The number of benzene rings is 1. The molecule has 2 aliphatic heterocycles. The normalized spacial score (nSPS) is 30.3. The first-order valence-corrected chi connectivity index (χ1v) is 9.86. The van der Waals surface area contributed by atoms with Crippen LogP contribution in [0.5, 0.6) is 5.75 Å². The Morgan fingerprint density at radius 2 is 2.12 bits per heavy atom. The number of ether oxygens (including phenoxy) is 1. The van der Waals surface area contributed by atoms with Crippen LogP contribution in [0.4, 0.5) is 0 Å². The molecule has 2 aromatic rings. The van der Waals surface area contributed by atoms with Crippen LogP contribution in [-0.4, -0.2) is 10.7 Å². The molecule has 5 heteroatoms. The van der Waals surface area contributed by atoms with E-state index in [1.165, 1.54) is 19.3 Å². The highest BCUT2D eigenvalue weighted by molar-refractivity contribution is 6.30. The van der Waals surface area contributed by atoms with E-state index in [-0.39, 0.29) is 11.8 Å². The molecule has 3 heterocycles. The van der Waals surface area contributed by atoms with Gasteiger partial charge in [-0.05, 0) is 55.2 Å². The van der Waals surface area contributed by atoms with Crippen LogP contribution in [-0.2, 0) is 0 Å². The van der Waals surface area contributed by atoms with Gasteiger partial charge in [0.15, 0.2) is 11.5 Å². The Bertz CT molecular complexity index is 838. The Hall–Kier alpha value is -1.91. The van der Waals surface area contributed by atoms with Gasteiger partial charge in [-0.25, -0.2) is 0 Å². The zero-order valence-corrected chi connectivity index (χ0v) is 15.6. The van der Waals surface area contributed by atoms with Crippen molar-refractivity contribution >= 4 is 17.3 Å². The number of fused-ring (bicyclic) bond motifs is 4. The predicted octanol–water partition coefficient (Wildman–Crippen LogP) is 5.52. The topological polar surface area (TPSA) is 37.6 Å². The van der Waals surface area contributed by atoms with E-state index in [4.69, 9.17) is 20.8 Å². The van der Waals surface area contributed by atoms with Crippen molar-refractivity contribution < 1.29 is 9.15 Å². The monoisotopic (exact) mass is 370 g/mol. The third-order valence-electron chi connectivity index (χ3n) is 6.12. The van der Waals surface area contributed by atoms with Crippen molar-refractivity contribution in [3.63, 3.8) is 0 Å². The summed E-state index contributed by atoms with van der Waals surface area (Å²) in [5.41, 5.74) is 5.36. The highest BCUT2D eigenvalue weighted by Gasteiger charge is 2.51. The SMILES string of the molecule is CCC1CCC2(CC1)Oc1ccc(Cl)cc1[C@@H]1C=C(c3ccco3)NN12. The molecule has 0 amide bonds. The zero-order valence-electron chi connectivity index (χ0n) is 14.9. The maximum atomic E-state index is 6.63. The number of rotatable bonds is 2. The summed E-state index contributed by atoms with van der Waals surface area (Å²) in [6, 6.07) is 9.94. The van der Waals surface area contributed by atoms with Gasteiger partial charge in [-0.1, -0.05) is 24.9 Å². The average molecular weight is 371 g/mol. The van der Waals surface area contributed by atoms with Gasteiger partial charge in [-0.2, -0.15) is 5.01 Å². The molecule has 5 rings (SSSR count). The molecule has 26 heavy (non-hydrogen) atoms. The minimum atomic E-state index is -0.317. The molecule has 1 atom stereocenters. The van der Waals surface area contributed by atoms with E-state index in [0.717, 1.165) is 46.6 Å². The summed E-state index contributed by atoms with van der Waals surface area (Å²) in [5.74, 6) is 2.60. The quantitative estimate of drug-likeness (QED) is 0.754. The first-order chi connectivity index (χ1) is 12.7. The zero-order chi connectivity index (χ0) is 17.7. The van der Waals surface area contributed by atoms with Crippen LogP contribution in [0.2, 0.25) is 5.02 Å². The molecule has 1 aliphatic carbocycles. The Kier molecular flexibility index (Phi) is 3.80. The molecule has 1 aromatic heterocycles. The lowest BCUT2D eigenvalue weighted by Gasteiger charge is -2.51. The number of nitrogens with zero attached hydrogens (tertiary/aromatic N) is 1. The fourth-order valence-electron chi connectivity index (χ4n) is 4.60. The van der Waals surface area contributed by atoms with Crippen LogP contribution in [0.3, 0.4) is 0 Å². The molecule has 3 aliphatic rings. The molecule has 4 nitrogen and oxygen atoms in total. The Labute approximate surface area is 158 Å². The second-order valence-corrected chi connectivity index (χ2v) is 8.00. The van der Waals surface area contributed by atoms with Gasteiger partial charge in [0.1, 0.15) is 5.75 Å². The lowest BCUT2D eigenvalue weighted by Crippen LogP contribution is -2.60. The molecule has 1 N–H and O–H groups in total. The van der Waals surface area contributed by atoms with E-state index in [2.05, 4.69) is 23.4 Å². The van der Waals surface area contributed by atoms with Gasteiger partial charge in [0.05, 0.1) is 18.0 Å². The minimum Gasteiger partial charge on any atom is -0.471 e. The second kappa shape index (κ2) is 6.07. The van der Waals surface area contributed by atoms with E-state index >= 15 is 0 Å². The molecule has 1 saturated carbocycles. The number of nitrogens with one attached hydrogen (secondary N) is 1. The smallest absolute Gasteiger partial charge is 0.180 e. The van der Waals surface area contributed by atoms with E-state index < -0.39 is 0 Å². The van der Waals surface area contributed by atoms with Gasteiger partial charge >= 0.3 is 0 Å². The van der Waals surface area contributed by atoms with E-state index in [1.54, 1.807) is 6.26 Å². The predicted molar refractivity (Wildman–Crippen MR) is 101 cm³/mol. The van der Waals surface area contributed by atoms with Crippen molar-refractivity contribution in [1.29, 1.82) is 0 Å². The van der Waals surface area contributed by atoms with Crippen LogP contribution in [0, 0.1) is 5.92 Å². The number of hydrogen-bond acceptors (Lipinski definition) is 4. The Morgan fingerprint density at radius 1 is 1.27 bits per heavy atom. The Morgan fingerprint density at radius 3 is 2.85 bits per heavy atom. The van der Waals surface area contributed by atoms with E-state index in [1.807, 2.05) is 30.3 Å². The van der Waals surface area contributed by atoms with E-state index in [0.29, 0.717) is 0 Å². The first kappa shape index (κ1) is 16.3. The van der Waals surface area contributed by atoms with Gasteiger partial charge in [-0.3, -0.25) is 0 Å². The summed E-state index contributed by atoms with van der Waals surface area (Å²) < 4.78 is 12.2. The molecule has 1 spiro atoms. The van der Waals surface area contributed by atoms with Gasteiger partial charge in [0.2, 0.25) is 0 Å². The summed E-state index contributed by atoms with van der Waals surface area (Å²) in [4.78, 5) is 0. The van der Waals surface area contributed by atoms with Gasteiger partial charge in [0, 0.05) is 23.4 Å². The lowest BCUT2D eigenvalue weighted by atomic mass is 9.80. The summed E-state index contributed by atoms with van der Waals surface area (Å²) in [7, 11) is 0. The second-order valence-electron chi connectivity index (χ2n) is 7.57. The minimum absolute atomic E-state index is 0.0933. The van der Waals surface area contributed by atoms with Crippen molar-refractivity contribution in [2.24, 2.45) is 5.92 Å². The molecule has 0 bridgehead atoms. The fourth-order valence-corrected chi connectivity index (χ4v) is 4.78. The summed E-state index contributed by atoms with van der Waals surface area (Å²) in [5, 5.41) is 3.02. The summed E-state index contributed by atoms with van der Waals surface area (Å²) in [6.45, 7) is 2.29. The van der Waals surface area contributed by atoms with Crippen LogP contribution >= 0.6 is 11.6 Å². The summed E-state index contributed by atoms with van der Waals surface area (Å²) >= 11 is 6.28. The van der Waals surface area contributed by atoms with Crippen molar-refractivity contribution in [3.8, 4) is 5.75 Å². The third kappa shape index (κ3) is 2.47. The number of furan rings is 1. The largest absolute Gasteiger partial charge is 0.471 e. The van der Waals surface area contributed by atoms with E-state index in [9.17, 15) is 0 Å². The average Bonchev–Trinajstić information content (AvgIpc) is 3.33. The van der Waals surface area contributed by atoms with Crippen LogP contribution in [0.25, 0.3) is 5.70 Å². The molecular formula is C21H23ClN2O2. The first-order valence-electron chi connectivity index (χ1n) is 9.49. The number of hydrazine groups is 1. The van der Waals surface area contributed by atoms with Crippen LogP contribution in [0.15, 0.2) is 47.1 Å². The fraction of sp³-hybridized carbons (Fsp3) is 0.429. The maximum Gasteiger partial charge on any atom is 0.180 e. The van der Waals surface area contributed by atoms with Crippen LogP contribution < -0.4 is 10.2 Å². The van der Waals surface area contributed by atoms with Crippen LogP contribution in [0.1, 0.15) is 56.4 Å². The van der Waals surface area contributed by atoms with Gasteiger partial charge in [-0.15, -0.1) is 0 Å². The Balaban J connectivity index is 1.56. The third-order valence-corrected chi connectivity index (χ3v) is 6.36. The molecular weight excluding hydrogens is 348 g/mol. The lowest BCUT2D eigenvalue weighted by molar-refractivity contribution is -0.156. The molecule has 1 fully saturated rings. The van der Waals surface area contributed by atoms with Gasteiger partial charge < -0.3 is 14.6 Å². The highest BCUT2D eigenvalue weighted by Crippen LogP contribution is 2.51. The summed E-state index contributed by atoms with van der Waals surface area (Å²) in [6.07, 6.45) is 9.62. The molecule has 136 valence electrons. The molecule has 0 radical (unpaired) electrons. The van der Waals surface area contributed by atoms with Crippen molar-refractivity contribution in [2.75, 3.05) is 0 Å². The number of hydrogen-bond donors (Lipinski definition) is 1. The van der Waals surface area contributed by atoms with Crippen molar-refractivity contribution in [1.82, 2.24) is 10.4 Å². The highest BCUT2D eigenvalue weighted by atomic mass is 35.5.